The number of furan rings is 1. The number of fused-ring (bicyclic) bond motifs is 3. The number of hydrogen-bond acceptors (Lipinski definition) is 9. The van der Waals surface area contributed by atoms with Gasteiger partial charge in [0.25, 0.3) is 0 Å². The van der Waals surface area contributed by atoms with E-state index in [1.165, 1.54) is 7.11 Å². The summed E-state index contributed by atoms with van der Waals surface area (Å²) in [6.07, 6.45) is 1.43. The number of methoxy groups -OCH3 is 1. The van der Waals surface area contributed by atoms with Gasteiger partial charge in [0.2, 0.25) is 0 Å². The van der Waals surface area contributed by atoms with E-state index in [2.05, 4.69) is 6.58 Å². The lowest BCUT2D eigenvalue weighted by atomic mass is 9.41. The normalized spacial score (nSPS) is 41.9. The number of rotatable bonds is 6. The molecule has 2 aliphatic carbocycles. The Hall–Kier alpha value is -2.65. The largest absolute Gasteiger partial charge is 0.472 e. The minimum atomic E-state index is -1.21. The van der Waals surface area contributed by atoms with E-state index in [0.717, 1.165) is 11.1 Å². The van der Waals surface area contributed by atoms with Crippen LogP contribution < -0.4 is 0 Å². The number of ether oxygens (including phenoxy) is 4. The molecule has 1 spiro atoms. The summed E-state index contributed by atoms with van der Waals surface area (Å²) in [5.74, 6) is -2.15. The van der Waals surface area contributed by atoms with Crippen LogP contribution in [0.1, 0.15) is 85.3 Å². The van der Waals surface area contributed by atoms with Gasteiger partial charge in [-0.25, -0.2) is 0 Å². The molecule has 9 heteroatoms. The van der Waals surface area contributed by atoms with Crippen LogP contribution in [0.25, 0.3) is 0 Å². The maximum Gasteiger partial charge on any atom is 0.309 e. The van der Waals surface area contributed by atoms with Crippen molar-refractivity contribution in [2.45, 2.75) is 104 Å². The second-order valence-electron chi connectivity index (χ2n) is 13.7. The van der Waals surface area contributed by atoms with E-state index in [1.54, 1.807) is 25.5 Å². The first-order chi connectivity index (χ1) is 19.2. The van der Waals surface area contributed by atoms with Crippen molar-refractivity contribution in [2.24, 2.45) is 34.0 Å². The molecule has 1 aromatic heterocycles. The zero-order valence-corrected chi connectivity index (χ0v) is 25.2. The minimum absolute atomic E-state index is 0.0468. The molecule has 2 bridgehead atoms. The first-order valence-electron chi connectivity index (χ1n) is 14.7. The standard InChI is InChI=1S/C32H44O9/c1-9-17(2)28(36)40-26-24(35)27-31(7,21(29(26,4)5)14-22(33)37-8)20-10-12-30(6)25(19-11-13-38-16-19)39-23(34)15-32(30,41-27)18(20)3/h11,13,16-17,20-21,24-27,35H,3,9-10,12,14-15H2,1-2,4-8H3/t17-,20+,21+,24+,25+,26+,27+,30+,31-,32+/m1/s1. The van der Waals surface area contributed by atoms with Crippen molar-refractivity contribution < 1.29 is 42.9 Å². The van der Waals surface area contributed by atoms with Crippen LogP contribution in [-0.2, 0) is 33.3 Å². The molecule has 0 aromatic carbocycles. The first kappa shape index (κ1) is 29.8. The van der Waals surface area contributed by atoms with Gasteiger partial charge in [0, 0.05) is 28.2 Å². The molecule has 10 atom stereocenters. The molecule has 0 amide bonds. The summed E-state index contributed by atoms with van der Waals surface area (Å²) in [4.78, 5) is 39.2. The van der Waals surface area contributed by atoms with Crippen LogP contribution in [0, 0.1) is 34.0 Å². The van der Waals surface area contributed by atoms with Crippen LogP contribution in [0.4, 0.5) is 0 Å². The highest BCUT2D eigenvalue weighted by atomic mass is 16.6. The number of aliphatic hydroxyl groups excluding tert-OH is 1. The smallest absolute Gasteiger partial charge is 0.309 e. The average Bonchev–Trinajstić information content (AvgIpc) is 3.46. The number of hydrogen-bond donors (Lipinski definition) is 1. The number of cyclic esters (lactones) is 1. The van der Waals surface area contributed by atoms with E-state index < -0.39 is 64.1 Å². The summed E-state index contributed by atoms with van der Waals surface area (Å²) in [6, 6.07) is 1.79. The molecule has 9 nitrogen and oxygen atoms in total. The fourth-order valence-corrected chi connectivity index (χ4v) is 8.81. The van der Waals surface area contributed by atoms with Crippen LogP contribution in [0.2, 0.25) is 0 Å². The second kappa shape index (κ2) is 9.97. The number of esters is 3. The third-order valence-electron chi connectivity index (χ3n) is 11.4. The van der Waals surface area contributed by atoms with Crippen molar-refractivity contribution in [3.05, 3.63) is 36.3 Å². The molecule has 1 N–H and O–H groups in total. The summed E-state index contributed by atoms with van der Waals surface area (Å²) < 4.78 is 29.6. The zero-order valence-electron chi connectivity index (χ0n) is 25.2. The molecule has 2 aliphatic heterocycles. The van der Waals surface area contributed by atoms with Gasteiger partial charge < -0.3 is 28.5 Å². The lowest BCUT2D eigenvalue weighted by Crippen LogP contribution is -2.76. The Morgan fingerprint density at radius 1 is 1.24 bits per heavy atom. The molecule has 0 unspecified atom stereocenters. The van der Waals surface area contributed by atoms with E-state index in [1.807, 2.05) is 34.6 Å². The summed E-state index contributed by atoms with van der Waals surface area (Å²) >= 11 is 0. The molecule has 5 rings (SSSR count). The van der Waals surface area contributed by atoms with Crippen molar-refractivity contribution >= 4 is 17.9 Å². The number of aliphatic hydroxyl groups is 1. The van der Waals surface area contributed by atoms with Crippen molar-refractivity contribution in [3.8, 4) is 0 Å². The van der Waals surface area contributed by atoms with Crippen LogP contribution in [0.3, 0.4) is 0 Å². The summed E-state index contributed by atoms with van der Waals surface area (Å²) in [5, 5.41) is 12.1. The summed E-state index contributed by atoms with van der Waals surface area (Å²) in [5.41, 5.74) is -1.91. The molecule has 3 heterocycles. The van der Waals surface area contributed by atoms with E-state index in [0.29, 0.717) is 19.3 Å². The third kappa shape index (κ3) is 4.05. The molecule has 1 aromatic rings. The van der Waals surface area contributed by atoms with E-state index in [-0.39, 0.29) is 30.6 Å². The van der Waals surface area contributed by atoms with E-state index >= 15 is 0 Å². The highest BCUT2D eigenvalue weighted by Crippen LogP contribution is 2.72. The average molecular weight is 573 g/mol. The molecule has 4 aliphatic rings. The Morgan fingerprint density at radius 3 is 2.56 bits per heavy atom. The zero-order chi connectivity index (χ0) is 30.1. The highest BCUT2D eigenvalue weighted by molar-refractivity contribution is 5.75. The maximum absolute atomic E-state index is 13.2. The molecular weight excluding hydrogens is 528 g/mol. The Morgan fingerprint density at radius 2 is 1.95 bits per heavy atom. The van der Waals surface area contributed by atoms with Gasteiger partial charge in [-0.3, -0.25) is 14.4 Å². The van der Waals surface area contributed by atoms with Crippen molar-refractivity contribution in [3.63, 3.8) is 0 Å². The van der Waals surface area contributed by atoms with Gasteiger partial charge in [-0.1, -0.05) is 48.1 Å². The minimum Gasteiger partial charge on any atom is -0.472 e. The lowest BCUT2D eigenvalue weighted by Gasteiger charge is -2.71. The van der Waals surface area contributed by atoms with Crippen LogP contribution >= 0.6 is 0 Å². The lowest BCUT2D eigenvalue weighted by molar-refractivity contribution is -0.339. The third-order valence-corrected chi connectivity index (χ3v) is 11.4. The first-order valence-corrected chi connectivity index (χ1v) is 14.7. The van der Waals surface area contributed by atoms with Crippen LogP contribution in [-0.4, -0.2) is 54.0 Å². The number of carbonyl (C=O) groups is 3. The molecule has 0 radical (unpaired) electrons. The fourth-order valence-electron chi connectivity index (χ4n) is 8.81. The van der Waals surface area contributed by atoms with Crippen molar-refractivity contribution in [1.29, 1.82) is 0 Å². The molecular formula is C32H44O9. The Kier molecular flexibility index (Phi) is 7.25. The van der Waals surface area contributed by atoms with Gasteiger partial charge in [-0.05, 0) is 42.7 Å². The van der Waals surface area contributed by atoms with Crippen molar-refractivity contribution in [1.82, 2.24) is 0 Å². The second-order valence-corrected chi connectivity index (χ2v) is 13.7. The number of carbonyl (C=O) groups excluding carboxylic acids is 3. The SMILES string of the molecule is C=C1[C@@H]2CC[C@@]3(C)[C@H](c4ccoc4)OC(=O)C[C@]13O[C@H]1[C@@H](O)[C@H](OC(=O)[C@H](C)CC)C(C)(C)[C@H](CC(=O)OC)[C@@]21C. The van der Waals surface area contributed by atoms with Gasteiger partial charge in [-0.2, -0.15) is 0 Å². The topological polar surface area (TPSA) is 122 Å². The van der Waals surface area contributed by atoms with Gasteiger partial charge >= 0.3 is 17.9 Å². The molecule has 41 heavy (non-hydrogen) atoms. The molecule has 2 saturated carbocycles. The Balaban J connectivity index is 1.65. The van der Waals surface area contributed by atoms with Gasteiger partial charge in [0.05, 0.1) is 38.1 Å². The predicted octanol–water partition coefficient (Wildman–Crippen LogP) is 4.92. The Labute approximate surface area is 241 Å². The molecule has 4 fully saturated rings. The molecule has 2 saturated heterocycles. The monoisotopic (exact) mass is 572 g/mol. The van der Waals surface area contributed by atoms with Crippen LogP contribution in [0.15, 0.2) is 35.2 Å². The molecule has 226 valence electrons. The van der Waals surface area contributed by atoms with E-state index in [4.69, 9.17) is 23.4 Å². The van der Waals surface area contributed by atoms with E-state index in [9.17, 15) is 19.5 Å². The predicted molar refractivity (Wildman–Crippen MR) is 147 cm³/mol. The summed E-state index contributed by atoms with van der Waals surface area (Å²) in [7, 11) is 1.36. The highest BCUT2D eigenvalue weighted by Gasteiger charge is 2.75. The van der Waals surface area contributed by atoms with Gasteiger partial charge in [0.15, 0.2) is 0 Å². The quantitative estimate of drug-likeness (QED) is 0.287. The fraction of sp³-hybridized carbons (Fsp3) is 0.719. The Bertz CT molecular complexity index is 1220. The summed E-state index contributed by atoms with van der Waals surface area (Å²) in [6.45, 7) is 16.2. The van der Waals surface area contributed by atoms with Gasteiger partial charge in [-0.15, -0.1) is 0 Å². The van der Waals surface area contributed by atoms with Crippen molar-refractivity contribution in [2.75, 3.05) is 7.11 Å². The maximum atomic E-state index is 13.2. The van der Waals surface area contributed by atoms with Crippen LogP contribution in [0.5, 0.6) is 0 Å². The van der Waals surface area contributed by atoms with Gasteiger partial charge in [0.1, 0.15) is 23.9 Å².